The molecule has 0 unspecified atom stereocenters. The third-order valence-electron chi connectivity index (χ3n) is 3.02. The topological polar surface area (TPSA) is 26.0 Å². The van der Waals surface area contributed by atoms with Crippen LogP contribution in [0, 0.1) is 11.8 Å². The van der Waals surface area contributed by atoms with Gasteiger partial charge in [-0.25, -0.2) is 0 Å². The lowest BCUT2D eigenvalue weighted by atomic mass is 9.79. The van der Waals surface area contributed by atoms with Gasteiger partial charge in [-0.05, 0) is 37.5 Å². The van der Waals surface area contributed by atoms with E-state index in [2.05, 4.69) is 19.9 Å². The van der Waals surface area contributed by atoms with Crippen molar-refractivity contribution < 1.29 is 0 Å². The van der Waals surface area contributed by atoms with Gasteiger partial charge in [0.15, 0.2) is 0 Å². The molecule has 1 rings (SSSR count). The van der Waals surface area contributed by atoms with Crippen molar-refractivity contribution in [2.24, 2.45) is 17.6 Å². The van der Waals surface area contributed by atoms with Crippen molar-refractivity contribution in [1.82, 2.24) is 0 Å². The normalized spacial score (nSPS) is 24.7. The Morgan fingerprint density at radius 1 is 1.42 bits per heavy atom. The van der Waals surface area contributed by atoms with Crippen molar-refractivity contribution >= 4 is 0 Å². The molecule has 1 saturated carbocycles. The summed E-state index contributed by atoms with van der Waals surface area (Å²) in [6.45, 7) is 5.40. The van der Waals surface area contributed by atoms with E-state index in [0.29, 0.717) is 0 Å². The molecule has 0 bridgehead atoms. The Balaban J connectivity index is 2.34. The molecule has 0 aromatic rings. The maximum atomic E-state index is 5.48. The Kier molecular flexibility index (Phi) is 3.80. The summed E-state index contributed by atoms with van der Waals surface area (Å²) in [5, 5.41) is 0. The van der Waals surface area contributed by atoms with Crippen LogP contribution in [0.4, 0.5) is 0 Å². The second kappa shape index (κ2) is 4.66. The van der Waals surface area contributed by atoms with Crippen LogP contribution in [-0.2, 0) is 0 Å². The van der Waals surface area contributed by atoms with Crippen molar-refractivity contribution in [2.45, 2.75) is 39.5 Å². The molecule has 1 aliphatic rings. The van der Waals surface area contributed by atoms with Gasteiger partial charge in [0.2, 0.25) is 0 Å². The van der Waals surface area contributed by atoms with Crippen LogP contribution in [0.5, 0.6) is 0 Å². The molecule has 0 aromatic carbocycles. The fourth-order valence-electron chi connectivity index (χ4n) is 2.05. The fraction of sp³-hybridized carbons (Fsp3) is 0.818. The zero-order valence-electron chi connectivity index (χ0n) is 8.34. The standard InChI is InChI=1S/C11H21N/c1-9(2)11-5-3-10(4-6-11)7-8-12/h7,9,11H,3-6,8,12H2,1-2H3. The van der Waals surface area contributed by atoms with Crippen LogP contribution in [0.2, 0.25) is 0 Å². The van der Waals surface area contributed by atoms with Crippen LogP contribution in [0.3, 0.4) is 0 Å². The van der Waals surface area contributed by atoms with Gasteiger partial charge < -0.3 is 5.73 Å². The third kappa shape index (κ3) is 2.63. The molecule has 0 spiro atoms. The summed E-state index contributed by atoms with van der Waals surface area (Å²) in [5.74, 6) is 1.82. The van der Waals surface area contributed by atoms with Crippen LogP contribution >= 0.6 is 0 Å². The van der Waals surface area contributed by atoms with Gasteiger partial charge >= 0.3 is 0 Å². The molecule has 2 N–H and O–H groups in total. The van der Waals surface area contributed by atoms with Gasteiger partial charge in [0.05, 0.1) is 0 Å². The van der Waals surface area contributed by atoms with Crippen LogP contribution in [0.25, 0.3) is 0 Å². The van der Waals surface area contributed by atoms with E-state index in [1.54, 1.807) is 5.57 Å². The number of hydrogen-bond acceptors (Lipinski definition) is 1. The minimum Gasteiger partial charge on any atom is -0.327 e. The summed E-state index contributed by atoms with van der Waals surface area (Å²) in [4.78, 5) is 0. The summed E-state index contributed by atoms with van der Waals surface area (Å²) in [7, 11) is 0. The van der Waals surface area contributed by atoms with Gasteiger partial charge in [-0.2, -0.15) is 0 Å². The molecule has 1 heteroatoms. The van der Waals surface area contributed by atoms with Crippen molar-refractivity contribution in [3.05, 3.63) is 11.6 Å². The summed E-state index contributed by atoms with van der Waals surface area (Å²) < 4.78 is 0. The molecule has 0 radical (unpaired) electrons. The molecule has 0 saturated heterocycles. The highest BCUT2D eigenvalue weighted by molar-refractivity contribution is 5.05. The van der Waals surface area contributed by atoms with Crippen molar-refractivity contribution in [3.63, 3.8) is 0 Å². The van der Waals surface area contributed by atoms with E-state index in [1.807, 2.05) is 0 Å². The first-order valence-corrected chi connectivity index (χ1v) is 5.12. The smallest absolute Gasteiger partial charge is 0.0109 e. The second-order valence-electron chi connectivity index (χ2n) is 4.18. The van der Waals surface area contributed by atoms with Gasteiger partial charge in [-0.1, -0.05) is 25.5 Å². The molecule has 0 amide bonds. The van der Waals surface area contributed by atoms with Crippen LogP contribution in [0.1, 0.15) is 39.5 Å². The van der Waals surface area contributed by atoms with E-state index in [4.69, 9.17) is 5.73 Å². The second-order valence-corrected chi connectivity index (χ2v) is 4.18. The first kappa shape index (κ1) is 9.79. The quantitative estimate of drug-likeness (QED) is 0.629. The minimum absolute atomic E-state index is 0.724. The van der Waals surface area contributed by atoms with Crippen LogP contribution in [-0.4, -0.2) is 6.54 Å². The number of hydrogen-bond donors (Lipinski definition) is 1. The predicted octanol–water partition coefficient (Wildman–Crippen LogP) is 2.72. The van der Waals surface area contributed by atoms with Gasteiger partial charge in [-0.3, -0.25) is 0 Å². The lowest BCUT2D eigenvalue weighted by molar-refractivity contribution is 0.311. The largest absolute Gasteiger partial charge is 0.327 e. The molecule has 1 aliphatic carbocycles. The van der Waals surface area contributed by atoms with E-state index in [1.165, 1.54) is 25.7 Å². The molecule has 70 valence electrons. The maximum Gasteiger partial charge on any atom is 0.0109 e. The van der Waals surface area contributed by atoms with Crippen molar-refractivity contribution in [1.29, 1.82) is 0 Å². The highest BCUT2D eigenvalue weighted by Gasteiger charge is 2.18. The third-order valence-corrected chi connectivity index (χ3v) is 3.02. The van der Waals surface area contributed by atoms with Gasteiger partial charge in [-0.15, -0.1) is 0 Å². The van der Waals surface area contributed by atoms with E-state index in [0.717, 1.165) is 18.4 Å². The summed E-state index contributed by atoms with van der Waals surface area (Å²) in [6.07, 6.45) is 7.55. The molecule has 1 nitrogen and oxygen atoms in total. The highest BCUT2D eigenvalue weighted by Crippen LogP contribution is 2.32. The SMILES string of the molecule is CC(C)C1CCC(=CCN)CC1. The molecule has 1 fully saturated rings. The highest BCUT2D eigenvalue weighted by atomic mass is 14.5. The Morgan fingerprint density at radius 3 is 2.42 bits per heavy atom. The van der Waals surface area contributed by atoms with Gasteiger partial charge in [0.1, 0.15) is 0 Å². The fourth-order valence-corrected chi connectivity index (χ4v) is 2.05. The summed E-state index contributed by atoms with van der Waals surface area (Å²) in [5.41, 5.74) is 7.07. The molecule has 12 heavy (non-hydrogen) atoms. The average Bonchev–Trinajstić information content (AvgIpc) is 2.06. The minimum atomic E-state index is 0.724. The zero-order chi connectivity index (χ0) is 8.97. The Bertz CT molecular complexity index is 148. The van der Waals surface area contributed by atoms with Crippen LogP contribution in [0.15, 0.2) is 11.6 Å². The van der Waals surface area contributed by atoms with Crippen molar-refractivity contribution in [3.8, 4) is 0 Å². The molecule has 0 atom stereocenters. The monoisotopic (exact) mass is 167 g/mol. The number of nitrogens with two attached hydrogens (primary N) is 1. The van der Waals surface area contributed by atoms with E-state index < -0.39 is 0 Å². The maximum absolute atomic E-state index is 5.48. The summed E-state index contributed by atoms with van der Waals surface area (Å²) >= 11 is 0. The van der Waals surface area contributed by atoms with E-state index in [-0.39, 0.29) is 0 Å². The summed E-state index contributed by atoms with van der Waals surface area (Å²) in [6, 6.07) is 0. The Labute approximate surface area is 76.0 Å². The molecule has 0 aromatic heterocycles. The Morgan fingerprint density at radius 2 is 2.00 bits per heavy atom. The lowest BCUT2D eigenvalue weighted by Crippen LogP contribution is -2.14. The first-order valence-electron chi connectivity index (χ1n) is 5.12. The number of allylic oxidation sites excluding steroid dienone is 1. The first-order chi connectivity index (χ1) is 5.74. The van der Waals surface area contributed by atoms with Gasteiger partial charge in [0.25, 0.3) is 0 Å². The Hall–Kier alpha value is -0.300. The lowest BCUT2D eigenvalue weighted by Gasteiger charge is -2.26. The predicted molar refractivity (Wildman–Crippen MR) is 53.9 cm³/mol. The average molecular weight is 167 g/mol. The molecule has 0 heterocycles. The van der Waals surface area contributed by atoms with E-state index >= 15 is 0 Å². The van der Waals surface area contributed by atoms with Crippen LogP contribution < -0.4 is 5.73 Å². The number of rotatable bonds is 2. The van der Waals surface area contributed by atoms with Gasteiger partial charge in [0, 0.05) is 6.54 Å². The molecular formula is C11H21N. The molecular weight excluding hydrogens is 146 g/mol. The zero-order valence-corrected chi connectivity index (χ0v) is 8.34. The molecule has 0 aliphatic heterocycles. The van der Waals surface area contributed by atoms with E-state index in [9.17, 15) is 0 Å². The van der Waals surface area contributed by atoms with Crippen molar-refractivity contribution in [2.75, 3.05) is 6.54 Å².